The molecule has 2 bridgehead atoms. The third-order valence-corrected chi connectivity index (χ3v) is 5.41. The van der Waals surface area contributed by atoms with Gasteiger partial charge in [0.15, 0.2) is 0 Å². The Bertz CT molecular complexity index is 244. The molecule has 2 saturated carbocycles. The van der Waals surface area contributed by atoms with Crippen molar-refractivity contribution in [2.24, 2.45) is 5.92 Å². The first kappa shape index (κ1) is 11.7. The van der Waals surface area contributed by atoms with Crippen LogP contribution in [0.15, 0.2) is 0 Å². The molecule has 2 rings (SSSR count). The Morgan fingerprint density at radius 1 is 1.40 bits per heavy atom. The first-order chi connectivity index (χ1) is 7.22. The molecule has 2 fully saturated rings. The summed E-state index contributed by atoms with van der Waals surface area (Å²) in [5.41, 5.74) is 0.471. The van der Waals surface area contributed by atoms with Crippen LogP contribution < -0.4 is 0 Å². The molecule has 15 heavy (non-hydrogen) atoms. The Balaban J connectivity index is 2.08. The van der Waals surface area contributed by atoms with Crippen molar-refractivity contribution in [2.75, 3.05) is 12.3 Å². The fourth-order valence-corrected chi connectivity index (χ4v) is 4.80. The van der Waals surface area contributed by atoms with Gasteiger partial charge in [0.05, 0.1) is 0 Å². The number of thiocarbonyl (C=S) groups is 1. The molecule has 0 saturated heterocycles. The average molecular weight is 243 g/mol. The summed E-state index contributed by atoms with van der Waals surface area (Å²) in [5.74, 6) is 2.11. The van der Waals surface area contributed by atoms with Gasteiger partial charge in [-0.15, -0.1) is 0 Å². The molecule has 0 aliphatic heterocycles. The van der Waals surface area contributed by atoms with Crippen molar-refractivity contribution < 1.29 is 0 Å². The Hall–Kier alpha value is 0.240. The lowest BCUT2D eigenvalue weighted by Gasteiger charge is -2.41. The zero-order chi connectivity index (χ0) is 10.9. The molecular formula is C12H21NS2. The van der Waals surface area contributed by atoms with Crippen LogP contribution in [0.25, 0.3) is 0 Å². The lowest BCUT2D eigenvalue weighted by atomic mass is 9.92. The van der Waals surface area contributed by atoms with E-state index < -0.39 is 0 Å². The Morgan fingerprint density at radius 3 is 2.47 bits per heavy atom. The summed E-state index contributed by atoms with van der Waals surface area (Å²) in [7, 11) is 0. The Morgan fingerprint density at radius 2 is 2.07 bits per heavy atom. The third kappa shape index (κ3) is 2.05. The van der Waals surface area contributed by atoms with Gasteiger partial charge in [-0.25, -0.2) is 0 Å². The van der Waals surface area contributed by atoms with Gasteiger partial charge in [-0.2, -0.15) is 0 Å². The SMILES string of the molecule is CCSC(=S)N(CC)C12CCC(CC1)C2. The topological polar surface area (TPSA) is 3.24 Å². The molecular weight excluding hydrogens is 222 g/mol. The second kappa shape index (κ2) is 4.62. The molecule has 0 aromatic carbocycles. The van der Waals surface area contributed by atoms with Crippen molar-refractivity contribution in [3.63, 3.8) is 0 Å². The molecule has 0 amide bonds. The predicted molar refractivity (Wildman–Crippen MR) is 72.4 cm³/mol. The van der Waals surface area contributed by atoms with Crippen molar-refractivity contribution in [1.82, 2.24) is 4.90 Å². The summed E-state index contributed by atoms with van der Waals surface area (Å²) in [6, 6.07) is 0. The van der Waals surface area contributed by atoms with Crippen LogP contribution in [0.4, 0.5) is 0 Å². The minimum absolute atomic E-state index is 0.471. The van der Waals surface area contributed by atoms with Crippen molar-refractivity contribution in [3.8, 4) is 0 Å². The highest BCUT2D eigenvalue weighted by Gasteiger charge is 2.48. The Labute approximate surface area is 103 Å². The molecule has 0 radical (unpaired) electrons. The maximum atomic E-state index is 5.56. The highest BCUT2D eigenvalue weighted by Crippen LogP contribution is 2.51. The third-order valence-electron chi connectivity index (χ3n) is 4.08. The van der Waals surface area contributed by atoms with E-state index in [2.05, 4.69) is 18.7 Å². The van der Waals surface area contributed by atoms with E-state index in [0.717, 1.165) is 22.5 Å². The number of nitrogens with zero attached hydrogens (tertiary/aromatic N) is 1. The van der Waals surface area contributed by atoms with E-state index in [4.69, 9.17) is 12.2 Å². The van der Waals surface area contributed by atoms with Crippen LogP contribution in [0.1, 0.15) is 46.0 Å². The van der Waals surface area contributed by atoms with Crippen LogP contribution in [0.2, 0.25) is 0 Å². The van der Waals surface area contributed by atoms with E-state index in [-0.39, 0.29) is 0 Å². The highest BCUT2D eigenvalue weighted by atomic mass is 32.2. The molecule has 0 N–H and O–H groups in total. The van der Waals surface area contributed by atoms with Crippen LogP contribution >= 0.6 is 24.0 Å². The normalized spacial score (nSPS) is 33.3. The largest absolute Gasteiger partial charge is 0.352 e. The average Bonchev–Trinajstić information content (AvgIpc) is 2.79. The quantitative estimate of drug-likeness (QED) is 0.696. The summed E-state index contributed by atoms with van der Waals surface area (Å²) in [6.45, 7) is 5.54. The van der Waals surface area contributed by atoms with Gasteiger partial charge in [0, 0.05) is 12.1 Å². The second-order valence-electron chi connectivity index (χ2n) is 4.82. The first-order valence-corrected chi connectivity index (χ1v) is 7.55. The van der Waals surface area contributed by atoms with Gasteiger partial charge in [-0.3, -0.25) is 0 Å². The van der Waals surface area contributed by atoms with Gasteiger partial charge < -0.3 is 4.90 Å². The lowest BCUT2D eigenvalue weighted by molar-refractivity contribution is 0.193. The van der Waals surface area contributed by atoms with Gasteiger partial charge in [-0.05, 0) is 50.7 Å². The first-order valence-electron chi connectivity index (χ1n) is 6.16. The maximum absolute atomic E-state index is 5.56. The molecule has 1 nitrogen and oxygen atoms in total. The summed E-state index contributed by atoms with van der Waals surface area (Å²) in [6.07, 6.45) is 7.06. The number of hydrogen-bond acceptors (Lipinski definition) is 2. The Kier molecular flexibility index (Phi) is 3.61. The van der Waals surface area contributed by atoms with Crippen molar-refractivity contribution in [2.45, 2.75) is 51.5 Å². The van der Waals surface area contributed by atoms with Gasteiger partial charge in [0.1, 0.15) is 4.32 Å². The number of thioether (sulfide) groups is 1. The van der Waals surface area contributed by atoms with E-state index in [0.29, 0.717) is 5.54 Å². The van der Waals surface area contributed by atoms with E-state index >= 15 is 0 Å². The van der Waals surface area contributed by atoms with Crippen molar-refractivity contribution in [1.29, 1.82) is 0 Å². The van der Waals surface area contributed by atoms with E-state index in [1.54, 1.807) is 0 Å². The lowest BCUT2D eigenvalue weighted by Crippen LogP contribution is -2.47. The maximum Gasteiger partial charge on any atom is 0.136 e. The fraction of sp³-hybridized carbons (Fsp3) is 0.917. The highest BCUT2D eigenvalue weighted by molar-refractivity contribution is 8.22. The van der Waals surface area contributed by atoms with Crippen LogP contribution in [-0.2, 0) is 0 Å². The zero-order valence-electron chi connectivity index (χ0n) is 9.79. The van der Waals surface area contributed by atoms with Gasteiger partial charge >= 0.3 is 0 Å². The minimum Gasteiger partial charge on any atom is -0.352 e. The summed E-state index contributed by atoms with van der Waals surface area (Å²) in [5, 5.41) is 0. The molecule has 0 atom stereocenters. The van der Waals surface area contributed by atoms with Crippen LogP contribution in [0.3, 0.4) is 0 Å². The number of rotatable bonds is 3. The monoisotopic (exact) mass is 243 g/mol. The molecule has 0 spiro atoms. The standard InChI is InChI=1S/C12H21NS2/c1-3-13(11(14)15-4-2)12-7-5-10(9-12)6-8-12/h10H,3-9H2,1-2H3. The minimum atomic E-state index is 0.471. The van der Waals surface area contributed by atoms with E-state index in [1.165, 1.54) is 32.1 Å². The molecule has 0 aromatic heterocycles. The molecule has 0 aromatic rings. The van der Waals surface area contributed by atoms with E-state index in [1.807, 2.05) is 11.8 Å². The molecule has 0 unspecified atom stereocenters. The molecule has 2 aliphatic rings. The van der Waals surface area contributed by atoms with Gasteiger partial charge in [-0.1, -0.05) is 30.9 Å². The fourth-order valence-electron chi connectivity index (χ4n) is 3.40. The summed E-state index contributed by atoms with van der Waals surface area (Å²) < 4.78 is 1.14. The predicted octanol–water partition coefficient (Wildman–Crippen LogP) is 3.68. The van der Waals surface area contributed by atoms with E-state index in [9.17, 15) is 0 Å². The van der Waals surface area contributed by atoms with Crippen molar-refractivity contribution in [3.05, 3.63) is 0 Å². The number of hydrogen-bond donors (Lipinski definition) is 0. The smallest absolute Gasteiger partial charge is 0.136 e. The molecule has 86 valence electrons. The molecule has 3 heteroatoms. The van der Waals surface area contributed by atoms with Crippen LogP contribution in [-0.4, -0.2) is 27.1 Å². The summed E-state index contributed by atoms with van der Waals surface area (Å²) >= 11 is 7.40. The zero-order valence-corrected chi connectivity index (χ0v) is 11.4. The van der Waals surface area contributed by atoms with Gasteiger partial charge in [0.2, 0.25) is 0 Å². The van der Waals surface area contributed by atoms with Crippen LogP contribution in [0, 0.1) is 5.92 Å². The molecule has 0 heterocycles. The van der Waals surface area contributed by atoms with Crippen LogP contribution in [0.5, 0.6) is 0 Å². The molecule has 2 aliphatic carbocycles. The van der Waals surface area contributed by atoms with Crippen molar-refractivity contribution >= 4 is 28.3 Å². The summed E-state index contributed by atoms with van der Waals surface area (Å²) in [4.78, 5) is 2.53. The second-order valence-corrected chi connectivity index (χ2v) is 6.71. The number of fused-ring (bicyclic) bond motifs is 2. The van der Waals surface area contributed by atoms with Gasteiger partial charge in [0.25, 0.3) is 0 Å².